The normalized spacial score (nSPS) is 17.3. The topological polar surface area (TPSA) is 58.6 Å². The summed E-state index contributed by atoms with van der Waals surface area (Å²) in [6.07, 6.45) is 4.85. The highest BCUT2D eigenvalue weighted by molar-refractivity contribution is 7.87. The molecular formula is C16H26N2O3S. The van der Waals surface area contributed by atoms with Crippen molar-refractivity contribution in [1.29, 1.82) is 0 Å². The van der Waals surface area contributed by atoms with Gasteiger partial charge in [0.15, 0.2) is 0 Å². The van der Waals surface area contributed by atoms with E-state index in [1.54, 1.807) is 4.31 Å². The molecule has 0 bridgehead atoms. The van der Waals surface area contributed by atoms with Crippen LogP contribution in [0.3, 0.4) is 0 Å². The third-order valence-electron chi connectivity index (χ3n) is 3.77. The first-order valence-corrected chi connectivity index (χ1v) is 9.49. The van der Waals surface area contributed by atoms with Gasteiger partial charge in [-0.05, 0) is 24.8 Å². The Morgan fingerprint density at radius 1 is 1.05 bits per heavy atom. The Morgan fingerprint density at radius 2 is 1.73 bits per heavy atom. The first-order valence-electron chi connectivity index (χ1n) is 8.05. The van der Waals surface area contributed by atoms with Gasteiger partial charge >= 0.3 is 0 Å². The molecule has 1 aliphatic heterocycles. The standard InChI is InChI=1S/C16H26N2O3S/c19-22(20,18-12-6-1-2-7-13-18)17-11-8-14-21-15-16-9-4-3-5-10-16/h3-5,9-10,17H,1-2,6-8,11-15H2. The Bertz CT molecular complexity index is 511. The molecule has 0 amide bonds. The molecule has 2 rings (SSSR count). The van der Waals surface area contributed by atoms with Crippen molar-refractivity contribution in [3.63, 3.8) is 0 Å². The zero-order valence-electron chi connectivity index (χ0n) is 13.0. The number of nitrogens with zero attached hydrogens (tertiary/aromatic N) is 1. The Labute approximate surface area is 133 Å². The average Bonchev–Trinajstić information content (AvgIpc) is 2.81. The minimum absolute atomic E-state index is 0.424. The molecule has 0 aliphatic carbocycles. The molecule has 0 unspecified atom stereocenters. The molecule has 1 N–H and O–H groups in total. The summed E-state index contributed by atoms with van der Waals surface area (Å²) in [4.78, 5) is 0. The van der Waals surface area contributed by atoms with Crippen LogP contribution in [0.2, 0.25) is 0 Å². The van der Waals surface area contributed by atoms with Gasteiger partial charge in [-0.2, -0.15) is 12.7 Å². The zero-order chi connectivity index (χ0) is 15.7. The fourth-order valence-electron chi connectivity index (χ4n) is 2.51. The second-order valence-electron chi connectivity index (χ2n) is 5.60. The van der Waals surface area contributed by atoms with Crippen LogP contribution in [0, 0.1) is 0 Å². The summed E-state index contributed by atoms with van der Waals surface area (Å²) >= 11 is 0. The number of rotatable bonds is 8. The van der Waals surface area contributed by atoms with Crippen LogP contribution in [-0.4, -0.2) is 39.0 Å². The van der Waals surface area contributed by atoms with Gasteiger partial charge in [-0.1, -0.05) is 43.2 Å². The molecule has 0 spiro atoms. The molecule has 1 aromatic carbocycles. The van der Waals surface area contributed by atoms with Crippen LogP contribution in [0.25, 0.3) is 0 Å². The molecule has 0 atom stereocenters. The van der Waals surface area contributed by atoms with Crippen LogP contribution in [0.4, 0.5) is 0 Å². The molecule has 124 valence electrons. The Balaban J connectivity index is 1.61. The lowest BCUT2D eigenvalue weighted by molar-refractivity contribution is 0.119. The number of hydrogen-bond acceptors (Lipinski definition) is 3. The number of nitrogens with one attached hydrogen (secondary N) is 1. The average molecular weight is 326 g/mol. The van der Waals surface area contributed by atoms with E-state index >= 15 is 0 Å². The van der Waals surface area contributed by atoms with Gasteiger partial charge in [-0.3, -0.25) is 0 Å². The summed E-state index contributed by atoms with van der Waals surface area (Å²) in [5, 5.41) is 0. The molecule has 1 saturated heterocycles. The highest BCUT2D eigenvalue weighted by Crippen LogP contribution is 2.12. The van der Waals surface area contributed by atoms with E-state index in [1.165, 1.54) is 0 Å². The van der Waals surface area contributed by atoms with Gasteiger partial charge in [-0.15, -0.1) is 0 Å². The fraction of sp³-hybridized carbons (Fsp3) is 0.625. The van der Waals surface area contributed by atoms with Crippen LogP contribution in [0.1, 0.15) is 37.7 Å². The summed E-state index contributed by atoms with van der Waals surface area (Å²) in [5.74, 6) is 0. The fourth-order valence-corrected chi connectivity index (χ4v) is 3.84. The van der Waals surface area contributed by atoms with Crippen LogP contribution >= 0.6 is 0 Å². The molecule has 0 aromatic heterocycles. The largest absolute Gasteiger partial charge is 0.377 e. The number of benzene rings is 1. The molecule has 1 fully saturated rings. The molecule has 0 saturated carbocycles. The van der Waals surface area contributed by atoms with Crippen molar-refractivity contribution in [1.82, 2.24) is 9.03 Å². The molecule has 0 radical (unpaired) electrons. The van der Waals surface area contributed by atoms with E-state index < -0.39 is 10.2 Å². The van der Waals surface area contributed by atoms with E-state index in [9.17, 15) is 8.42 Å². The summed E-state index contributed by atoms with van der Waals surface area (Å²) in [5.41, 5.74) is 1.13. The maximum Gasteiger partial charge on any atom is 0.279 e. The minimum Gasteiger partial charge on any atom is -0.377 e. The van der Waals surface area contributed by atoms with Crippen LogP contribution in [-0.2, 0) is 21.6 Å². The van der Waals surface area contributed by atoms with E-state index in [0.29, 0.717) is 39.3 Å². The first-order chi connectivity index (χ1) is 10.7. The van der Waals surface area contributed by atoms with Gasteiger partial charge < -0.3 is 4.74 Å². The third kappa shape index (κ3) is 6.04. The van der Waals surface area contributed by atoms with Crippen molar-refractivity contribution >= 4 is 10.2 Å². The lowest BCUT2D eigenvalue weighted by Gasteiger charge is -2.20. The van der Waals surface area contributed by atoms with Crippen LogP contribution < -0.4 is 4.72 Å². The van der Waals surface area contributed by atoms with Crippen molar-refractivity contribution in [3.05, 3.63) is 35.9 Å². The molecule has 1 heterocycles. The smallest absolute Gasteiger partial charge is 0.279 e. The monoisotopic (exact) mass is 326 g/mol. The molecule has 22 heavy (non-hydrogen) atoms. The Hall–Kier alpha value is -0.950. The highest BCUT2D eigenvalue weighted by Gasteiger charge is 2.21. The summed E-state index contributed by atoms with van der Waals surface area (Å²) in [6, 6.07) is 9.97. The van der Waals surface area contributed by atoms with Gasteiger partial charge in [0.25, 0.3) is 10.2 Å². The zero-order valence-corrected chi connectivity index (χ0v) is 13.9. The van der Waals surface area contributed by atoms with Gasteiger partial charge in [0, 0.05) is 26.2 Å². The SMILES string of the molecule is O=S(=O)(NCCCOCc1ccccc1)N1CCCCCC1. The maximum absolute atomic E-state index is 12.2. The molecule has 5 nitrogen and oxygen atoms in total. The quantitative estimate of drug-likeness (QED) is 0.746. The van der Waals surface area contributed by atoms with Crippen molar-refractivity contribution in [2.75, 3.05) is 26.2 Å². The first kappa shape index (κ1) is 17.4. The maximum atomic E-state index is 12.2. The molecule has 6 heteroatoms. The minimum atomic E-state index is -3.32. The van der Waals surface area contributed by atoms with E-state index in [-0.39, 0.29) is 0 Å². The Morgan fingerprint density at radius 3 is 2.41 bits per heavy atom. The molecular weight excluding hydrogens is 300 g/mol. The second-order valence-corrected chi connectivity index (χ2v) is 7.36. The molecule has 1 aliphatic rings. The lowest BCUT2D eigenvalue weighted by atomic mass is 10.2. The number of hydrogen-bond donors (Lipinski definition) is 1. The second kappa shape index (κ2) is 9.25. The third-order valence-corrected chi connectivity index (χ3v) is 5.38. The van der Waals surface area contributed by atoms with Crippen molar-refractivity contribution in [3.8, 4) is 0 Å². The predicted molar refractivity (Wildman–Crippen MR) is 87.7 cm³/mol. The highest BCUT2D eigenvalue weighted by atomic mass is 32.2. The lowest BCUT2D eigenvalue weighted by Crippen LogP contribution is -2.41. The van der Waals surface area contributed by atoms with E-state index in [4.69, 9.17) is 4.74 Å². The summed E-state index contributed by atoms with van der Waals surface area (Å²) in [6.45, 7) is 2.82. The van der Waals surface area contributed by atoms with Crippen LogP contribution in [0.5, 0.6) is 0 Å². The summed E-state index contributed by atoms with van der Waals surface area (Å²) in [7, 11) is -3.32. The van der Waals surface area contributed by atoms with E-state index in [2.05, 4.69) is 4.72 Å². The van der Waals surface area contributed by atoms with Crippen molar-refractivity contribution in [2.45, 2.75) is 38.7 Å². The molecule has 1 aromatic rings. The van der Waals surface area contributed by atoms with E-state index in [0.717, 1.165) is 31.2 Å². The van der Waals surface area contributed by atoms with Crippen molar-refractivity contribution in [2.24, 2.45) is 0 Å². The van der Waals surface area contributed by atoms with E-state index in [1.807, 2.05) is 30.3 Å². The summed E-state index contributed by atoms with van der Waals surface area (Å²) < 4.78 is 34.1. The predicted octanol–water partition coefficient (Wildman–Crippen LogP) is 2.30. The van der Waals surface area contributed by atoms with Gasteiger partial charge in [-0.25, -0.2) is 4.72 Å². The number of ether oxygens (including phenoxy) is 1. The van der Waals surface area contributed by atoms with Gasteiger partial charge in [0.1, 0.15) is 0 Å². The van der Waals surface area contributed by atoms with Crippen LogP contribution in [0.15, 0.2) is 30.3 Å². The van der Waals surface area contributed by atoms with Crippen molar-refractivity contribution < 1.29 is 13.2 Å². The Kier molecular flexibility index (Phi) is 7.32. The van der Waals surface area contributed by atoms with Gasteiger partial charge in [0.2, 0.25) is 0 Å². The van der Waals surface area contributed by atoms with Gasteiger partial charge in [0.05, 0.1) is 6.61 Å².